The summed E-state index contributed by atoms with van der Waals surface area (Å²) in [6, 6.07) is 57.3. The third-order valence-corrected chi connectivity index (χ3v) is 9.84. The molecule has 3 aromatic heterocycles. The van der Waals surface area contributed by atoms with Gasteiger partial charge in [-0.1, -0.05) is 72.8 Å². The van der Waals surface area contributed by atoms with E-state index in [-0.39, 0.29) is 0 Å². The van der Waals surface area contributed by atoms with Gasteiger partial charge in [0.25, 0.3) is 0 Å². The summed E-state index contributed by atoms with van der Waals surface area (Å²) < 4.78 is 6.86. The molecule has 0 amide bonds. The predicted molar refractivity (Wildman–Crippen MR) is 199 cm³/mol. The Kier molecular flexibility index (Phi) is 5.64. The first-order valence-corrected chi connectivity index (χ1v) is 16.2. The van der Waals surface area contributed by atoms with Gasteiger partial charge in [-0.15, -0.1) is 0 Å². The third-order valence-electron chi connectivity index (χ3n) is 9.84. The minimum Gasteiger partial charge on any atom is -0.309 e. The second-order valence-electron chi connectivity index (χ2n) is 12.5. The number of nitriles is 2. The smallest absolute Gasteiger partial charge is 0.0992 e. The van der Waals surface area contributed by atoms with Crippen molar-refractivity contribution in [3.63, 3.8) is 0 Å². The van der Waals surface area contributed by atoms with Crippen molar-refractivity contribution < 1.29 is 0 Å². The van der Waals surface area contributed by atoms with Gasteiger partial charge in [0.05, 0.1) is 56.4 Å². The summed E-state index contributed by atoms with van der Waals surface area (Å²) in [6.45, 7) is 0. The molecule has 10 aromatic rings. The summed E-state index contributed by atoms with van der Waals surface area (Å²) in [5.74, 6) is 0. The number of benzene rings is 7. The lowest BCUT2D eigenvalue weighted by Gasteiger charge is -2.11. The molecule has 0 fully saturated rings. The molecule has 3 heterocycles. The molecule has 0 atom stereocenters. The van der Waals surface area contributed by atoms with Crippen LogP contribution < -0.4 is 0 Å². The van der Waals surface area contributed by atoms with Gasteiger partial charge in [-0.3, -0.25) is 0 Å². The van der Waals surface area contributed by atoms with Crippen molar-refractivity contribution in [3.05, 3.63) is 163 Å². The second kappa shape index (κ2) is 10.2. The summed E-state index contributed by atoms with van der Waals surface area (Å²) in [4.78, 5) is 0. The molecule has 0 aliphatic heterocycles. The number of hydrogen-bond acceptors (Lipinski definition) is 2. The van der Waals surface area contributed by atoms with Crippen molar-refractivity contribution in [1.82, 2.24) is 13.7 Å². The Bertz CT molecular complexity index is 2770. The van der Waals surface area contributed by atoms with Crippen molar-refractivity contribution in [2.75, 3.05) is 0 Å². The molecule has 7 aromatic carbocycles. The van der Waals surface area contributed by atoms with Crippen LogP contribution in [0.25, 0.3) is 82.5 Å². The molecule has 0 N–H and O–H groups in total. The third kappa shape index (κ3) is 3.85. The first-order valence-electron chi connectivity index (χ1n) is 16.2. The van der Waals surface area contributed by atoms with Crippen LogP contribution >= 0.6 is 0 Å². The molecule has 0 radical (unpaired) electrons. The van der Waals surface area contributed by atoms with E-state index in [2.05, 4.69) is 159 Å². The highest BCUT2D eigenvalue weighted by Gasteiger charge is 2.19. The highest BCUT2D eigenvalue weighted by atomic mass is 15.0. The molecule has 5 heteroatoms. The average molecular weight is 624 g/mol. The zero-order valence-electron chi connectivity index (χ0n) is 26.2. The van der Waals surface area contributed by atoms with Gasteiger partial charge in [-0.05, 0) is 78.9 Å². The van der Waals surface area contributed by atoms with Crippen LogP contribution in [0, 0.1) is 22.7 Å². The molecule has 0 unspecified atom stereocenters. The summed E-state index contributed by atoms with van der Waals surface area (Å²) in [6.07, 6.45) is 0. The predicted octanol–water partition coefficient (Wildman–Crippen LogP) is 10.7. The Morgan fingerprint density at radius 1 is 0.306 bits per heavy atom. The lowest BCUT2D eigenvalue weighted by atomic mass is 10.1. The van der Waals surface area contributed by atoms with E-state index in [9.17, 15) is 10.5 Å². The van der Waals surface area contributed by atoms with Gasteiger partial charge in [0.1, 0.15) is 0 Å². The zero-order valence-corrected chi connectivity index (χ0v) is 26.2. The fourth-order valence-corrected chi connectivity index (χ4v) is 7.83. The number of hydrogen-bond donors (Lipinski definition) is 0. The van der Waals surface area contributed by atoms with E-state index in [4.69, 9.17) is 0 Å². The van der Waals surface area contributed by atoms with Crippen molar-refractivity contribution in [1.29, 1.82) is 10.5 Å². The fraction of sp³-hybridized carbons (Fsp3) is 0. The van der Waals surface area contributed by atoms with Crippen LogP contribution in [0.4, 0.5) is 0 Å². The van der Waals surface area contributed by atoms with Crippen LogP contribution in [0.1, 0.15) is 11.1 Å². The minimum absolute atomic E-state index is 0.452. The van der Waals surface area contributed by atoms with E-state index in [1.165, 1.54) is 21.5 Å². The van der Waals surface area contributed by atoms with Gasteiger partial charge in [0.15, 0.2) is 0 Å². The maximum absolute atomic E-state index is 9.86. The number of rotatable bonds is 3. The number of aromatic nitrogens is 3. The van der Waals surface area contributed by atoms with E-state index in [0.717, 1.165) is 60.9 Å². The summed E-state index contributed by atoms with van der Waals surface area (Å²) in [5, 5.41) is 26.7. The molecule has 10 rings (SSSR count). The molecule has 5 nitrogen and oxygen atoms in total. The van der Waals surface area contributed by atoms with E-state index < -0.39 is 0 Å². The molecule has 49 heavy (non-hydrogen) atoms. The summed E-state index contributed by atoms with van der Waals surface area (Å²) >= 11 is 0. The van der Waals surface area contributed by atoms with Crippen LogP contribution in [0.3, 0.4) is 0 Å². The van der Waals surface area contributed by atoms with E-state index in [1.807, 2.05) is 12.1 Å². The first kappa shape index (κ1) is 27.1. The second-order valence-corrected chi connectivity index (χ2v) is 12.5. The van der Waals surface area contributed by atoms with Crippen molar-refractivity contribution in [3.8, 4) is 29.2 Å². The van der Waals surface area contributed by atoms with Crippen LogP contribution in [-0.2, 0) is 0 Å². The van der Waals surface area contributed by atoms with Crippen LogP contribution in [0.5, 0.6) is 0 Å². The molecular formula is C44H25N5. The first-order chi connectivity index (χ1) is 24.2. The molecule has 0 saturated carbocycles. The van der Waals surface area contributed by atoms with E-state index in [0.29, 0.717) is 11.1 Å². The Hall–Kier alpha value is -7.08. The molecule has 226 valence electrons. The van der Waals surface area contributed by atoms with Crippen LogP contribution in [-0.4, -0.2) is 13.7 Å². The van der Waals surface area contributed by atoms with Gasteiger partial charge >= 0.3 is 0 Å². The zero-order chi connectivity index (χ0) is 32.6. The number of fused-ring (bicyclic) bond motifs is 9. The Labute approximate surface area is 280 Å². The average Bonchev–Trinajstić information content (AvgIpc) is 3.80. The largest absolute Gasteiger partial charge is 0.309 e. The lowest BCUT2D eigenvalue weighted by Crippen LogP contribution is -1.97. The van der Waals surface area contributed by atoms with Crippen LogP contribution in [0.15, 0.2) is 152 Å². The Morgan fingerprint density at radius 2 is 0.633 bits per heavy atom. The van der Waals surface area contributed by atoms with Gasteiger partial charge in [-0.25, -0.2) is 0 Å². The maximum Gasteiger partial charge on any atom is 0.0992 e. The summed E-state index contributed by atoms with van der Waals surface area (Å²) in [5.41, 5.74) is 10.4. The van der Waals surface area contributed by atoms with Gasteiger partial charge in [0.2, 0.25) is 0 Å². The highest BCUT2D eigenvalue weighted by molar-refractivity contribution is 6.14. The van der Waals surface area contributed by atoms with E-state index in [1.54, 1.807) is 6.07 Å². The topological polar surface area (TPSA) is 62.4 Å². The standard InChI is InChI=1S/C44H25N5/c45-26-28-21-29(27-46)23-32(22-28)49-43-19-17-30(47-39-13-5-1-9-33(39)34-10-2-6-14-40(34)47)24-37(43)38-25-31(18-20-44(38)49)48-41-15-7-3-11-35(41)36-12-4-8-16-42(36)48/h1-25H. The monoisotopic (exact) mass is 623 g/mol. The van der Waals surface area contributed by atoms with Gasteiger partial charge in [0, 0.05) is 49.4 Å². The molecular weight excluding hydrogens is 599 g/mol. The Morgan fingerprint density at radius 3 is 1.00 bits per heavy atom. The Balaban J connectivity index is 1.32. The fourth-order valence-electron chi connectivity index (χ4n) is 7.83. The van der Waals surface area contributed by atoms with Crippen LogP contribution in [0.2, 0.25) is 0 Å². The van der Waals surface area contributed by atoms with Gasteiger partial charge < -0.3 is 13.7 Å². The summed E-state index contributed by atoms with van der Waals surface area (Å²) in [7, 11) is 0. The van der Waals surface area contributed by atoms with Crippen molar-refractivity contribution >= 4 is 65.4 Å². The normalized spacial score (nSPS) is 11.6. The molecule has 0 spiro atoms. The molecule has 0 aliphatic carbocycles. The number of para-hydroxylation sites is 4. The quantitative estimate of drug-likeness (QED) is 0.197. The van der Waals surface area contributed by atoms with Crippen molar-refractivity contribution in [2.45, 2.75) is 0 Å². The maximum atomic E-state index is 9.86. The van der Waals surface area contributed by atoms with E-state index >= 15 is 0 Å². The molecule has 0 aliphatic rings. The number of nitrogens with zero attached hydrogens (tertiary/aromatic N) is 5. The SMILES string of the molecule is N#Cc1cc(C#N)cc(-n2c3ccc(-n4c5ccccc5c5ccccc54)cc3c3cc(-n4c5ccccc5c5ccccc54)ccc32)c1. The lowest BCUT2D eigenvalue weighted by molar-refractivity contribution is 1.15. The molecule has 0 saturated heterocycles. The highest BCUT2D eigenvalue weighted by Crippen LogP contribution is 2.39. The van der Waals surface area contributed by atoms with Gasteiger partial charge in [-0.2, -0.15) is 10.5 Å². The minimum atomic E-state index is 0.452. The van der Waals surface area contributed by atoms with Crippen molar-refractivity contribution in [2.24, 2.45) is 0 Å². The molecule has 0 bridgehead atoms.